The third-order valence-electron chi connectivity index (χ3n) is 1.18. The molecule has 0 atom stereocenters. The summed E-state index contributed by atoms with van der Waals surface area (Å²) in [4.78, 5) is 0. The van der Waals surface area contributed by atoms with Crippen molar-refractivity contribution >= 4 is 24.3 Å². The molecule has 0 unspecified atom stereocenters. The van der Waals surface area contributed by atoms with Crippen molar-refractivity contribution in [2.24, 2.45) is 0 Å². The predicted octanol–water partition coefficient (Wildman–Crippen LogP) is 1.72. The first-order valence-corrected chi connectivity index (χ1v) is 3.25. The van der Waals surface area contributed by atoms with Gasteiger partial charge in [-0.2, -0.15) is 0 Å². The Morgan fingerprint density at radius 2 is 2.22 bits per heavy atom. The topological polar surface area (TPSA) is 0 Å². The predicted molar refractivity (Wildman–Crippen MR) is 42.7 cm³/mol. The Balaban J connectivity index is 2.94. The van der Waals surface area contributed by atoms with Crippen LogP contribution in [0.25, 0.3) is 0 Å². The van der Waals surface area contributed by atoms with Crippen LogP contribution in [0.3, 0.4) is 0 Å². The van der Waals surface area contributed by atoms with Crippen LogP contribution in [0.4, 0.5) is 0 Å². The highest BCUT2D eigenvalue weighted by molar-refractivity contribution is 6.52. The molecule has 0 saturated heterocycles. The molecule has 0 aromatic heterocycles. The molecule has 0 aliphatic rings. The van der Waals surface area contributed by atoms with E-state index >= 15 is 0 Å². The Morgan fingerprint density at radius 3 is 2.67 bits per heavy atom. The van der Waals surface area contributed by atoms with Crippen LogP contribution in [-0.4, -0.2) is 7.28 Å². The largest absolute Gasteiger partial charge is 0.148 e. The van der Waals surface area contributed by atoms with Crippen LogP contribution in [0.5, 0.6) is 0 Å². The summed E-state index contributed by atoms with van der Waals surface area (Å²) in [6.45, 7) is 1.99. The van der Waals surface area contributed by atoms with Gasteiger partial charge in [0, 0.05) is 5.02 Å². The molecule has 0 saturated carbocycles. The Bertz CT molecular complexity index is 198. The van der Waals surface area contributed by atoms with Gasteiger partial charge in [-0.3, -0.25) is 0 Å². The first kappa shape index (κ1) is 6.69. The van der Waals surface area contributed by atoms with E-state index in [2.05, 4.69) is 0 Å². The van der Waals surface area contributed by atoms with Gasteiger partial charge in [0.2, 0.25) is 0 Å². The van der Waals surface area contributed by atoms with Crippen molar-refractivity contribution < 1.29 is 0 Å². The number of rotatable bonds is 1. The summed E-state index contributed by atoms with van der Waals surface area (Å²) in [5.41, 5.74) is 1.17. The number of benzene rings is 1. The lowest BCUT2D eigenvalue weighted by Crippen LogP contribution is -2.08. The summed E-state index contributed by atoms with van der Waals surface area (Å²) in [7, 11) is 2.02. The molecule has 1 rings (SSSR count). The summed E-state index contributed by atoms with van der Waals surface area (Å²) in [5, 5.41) is 0.797. The number of halogens is 1. The number of hydrogen-bond donors (Lipinski definition) is 0. The fraction of sp³-hybridized carbons (Fsp3) is 0.143. The molecule has 2 heteroatoms. The molecule has 0 amide bonds. The highest BCUT2D eigenvalue weighted by Crippen LogP contribution is 2.02. The van der Waals surface area contributed by atoms with Gasteiger partial charge in [0.05, 0.1) is 0 Å². The van der Waals surface area contributed by atoms with Crippen molar-refractivity contribution in [3.63, 3.8) is 0 Å². The highest BCUT2D eigenvalue weighted by atomic mass is 35.5. The van der Waals surface area contributed by atoms with E-state index in [0.717, 1.165) is 5.02 Å². The molecular formula is C7H7BCl. The van der Waals surface area contributed by atoms with E-state index in [-0.39, 0.29) is 0 Å². The molecule has 1 aromatic carbocycles. The Morgan fingerprint density at radius 1 is 1.44 bits per heavy atom. The number of hydrogen-bond acceptors (Lipinski definition) is 0. The van der Waals surface area contributed by atoms with Gasteiger partial charge >= 0.3 is 0 Å². The average molecular weight is 137 g/mol. The quantitative estimate of drug-likeness (QED) is 0.517. The van der Waals surface area contributed by atoms with Gasteiger partial charge in [0.25, 0.3) is 0 Å². The first-order chi connectivity index (χ1) is 4.33. The minimum absolute atomic E-state index is 0.797. The Hall–Kier alpha value is -0.425. The summed E-state index contributed by atoms with van der Waals surface area (Å²) < 4.78 is 0. The van der Waals surface area contributed by atoms with Crippen LogP contribution in [0.1, 0.15) is 0 Å². The third kappa shape index (κ3) is 1.76. The van der Waals surface area contributed by atoms with Crippen molar-refractivity contribution in [1.29, 1.82) is 0 Å². The minimum atomic E-state index is 0.797. The maximum Gasteiger partial charge on any atom is 0.148 e. The summed E-state index contributed by atoms with van der Waals surface area (Å²) in [6.07, 6.45) is 0. The molecule has 1 aromatic rings. The summed E-state index contributed by atoms with van der Waals surface area (Å²) in [5.74, 6) is 0. The second kappa shape index (κ2) is 2.93. The molecule has 9 heavy (non-hydrogen) atoms. The van der Waals surface area contributed by atoms with Crippen LogP contribution in [0, 0.1) is 0 Å². The highest BCUT2D eigenvalue weighted by Gasteiger charge is 1.88. The second-order valence-electron chi connectivity index (χ2n) is 1.84. The van der Waals surface area contributed by atoms with Crippen molar-refractivity contribution in [3.8, 4) is 0 Å². The van der Waals surface area contributed by atoms with Crippen LogP contribution in [-0.2, 0) is 0 Å². The molecule has 1 radical (unpaired) electrons. The van der Waals surface area contributed by atoms with Crippen LogP contribution in [0.15, 0.2) is 24.3 Å². The van der Waals surface area contributed by atoms with Gasteiger partial charge < -0.3 is 0 Å². The minimum Gasteiger partial charge on any atom is -0.0872 e. The molecule has 0 bridgehead atoms. The second-order valence-corrected chi connectivity index (χ2v) is 2.28. The lowest BCUT2D eigenvalue weighted by atomic mass is 9.74. The van der Waals surface area contributed by atoms with Crippen LogP contribution in [0.2, 0.25) is 11.8 Å². The monoisotopic (exact) mass is 137 g/mol. The maximum atomic E-state index is 5.70. The van der Waals surface area contributed by atoms with E-state index in [1.165, 1.54) is 5.46 Å². The molecule has 0 spiro atoms. The van der Waals surface area contributed by atoms with Gasteiger partial charge in [0.15, 0.2) is 0 Å². The summed E-state index contributed by atoms with van der Waals surface area (Å²) >= 11 is 5.70. The zero-order valence-corrected chi connectivity index (χ0v) is 6.02. The maximum absolute atomic E-state index is 5.70. The van der Waals surface area contributed by atoms with E-state index in [0.29, 0.717) is 0 Å². The molecule has 0 aliphatic carbocycles. The van der Waals surface area contributed by atoms with Gasteiger partial charge in [-0.15, -0.1) is 0 Å². The lowest BCUT2D eigenvalue weighted by Gasteiger charge is -1.92. The summed E-state index contributed by atoms with van der Waals surface area (Å²) in [6, 6.07) is 7.76. The fourth-order valence-corrected chi connectivity index (χ4v) is 0.885. The van der Waals surface area contributed by atoms with E-state index in [1.54, 1.807) is 0 Å². The molecule has 0 aliphatic heterocycles. The van der Waals surface area contributed by atoms with Crippen molar-refractivity contribution in [3.05, 3.63) is 29.3 Å². The SMILES string of the molecule is C[B]c1cccc(Cl)c1. The van der Waals surface area contributed by atoms with Gasteiger partial charge in [0.1, 0.15) is 7.28 Å². The Labute approximate surface area is 61.1 Å². The van der Waals surface area contributed by atoms with E-state index in [4.69, 9.17) is 11.6 Å². The standard InChI is InChI=1S/C7H7BCl/c1-8-6-3-2-4-7(9)5-6/h2-5H,1H3. The Kier molecular flexibility index (Phi) is 2.18. The zero-order valence-electron chi connectivity index (χ0n) is 5.26. The van der Waals surface area contributed by atoms with E-state index in [1.807, 2.05) is 38.4 Å². The van der Waals surface area contributed by atoms with Gasteiger partial charge in [-0.1, -0.05) is 36.0 Å². The fourth-order valence-electron chi connectivity index (χ4n) is 0.686. The molecule has 0 nitrogen and oxygen atoms in total. The average Bonchev–Trinajstić information content (AvgIpc) is 1.88. The van der Waals surface area contributed by atoms with Crippen LogP contribution < -0.4 is 5.46 Å². The lowest BCUT2D eigenvalue weighted by molar-refractivity contribution is 1.76. The molecule has 0 heterocycles. The molecule has 0 fully saturated rings. The van der Waals surface area contributed by atoms with Gasteiger partial charge in [-0.05, 0) is 12.1 Å². The smallest absolute Gasteiger partial charge is 0.0872 e. The molecule has 0 N–H and O–H groups in total. The zero-order chi connectivity index (χ0) is 6.69. The van der Waals surface area contributed by atoms with Crippen molar-refractivity contribution in [1.82, 2.24) is 0 Å². The molecule has 45 valence electrons. The van der Waals surface area contributed by atoms with Crippen molar-refractivity contribution in [2.75, 3.05) is 0 Å². The van der Waals surface area contributed by atoms with Crippen LogP contribution >= 0.6 is 11.6 Å². The third-order valence-corrected chi connectivity index (χ3v) is 1.42. The first-order valence-electron chi connectivity index (χ1n) is 2.88. The van der Waals surface area contributed by atoms with Gasteiger partial charge in [-0.25, -0.2) is 0 Å². The normalized spacial score (nSPS) is 9.11. The van der Waals surface area contributed by atoms with E-state index in [9.17, 15) is 0 Å². The van der Waals surface area contributed by atoms with E-state index < -0.39 is 0 Å². The van der Waals surface area contributed by atoms with Crippen molar-refractivity contribution in [2.45, 2.75) is 6.82 Å². The molecular weight excluding hydrogens is 130 g/mol.